The fourth-order valence-electron chi connectivity index (χ4n) is 1.18. The Bertz CT molecular complexity index is 483. The molecule has 1 rings (SSSR count). The van der Waals surface area contributed by atoms with E-state index in [1.807, 2.05) is 19.0 Å². The molecule has 0 aliphatic rings. The second-order valence-corrected chi connectivity index (χ2v) is 4.62. The van der Waals surface area contributed by atoms with Crippen LogP contribution in [0.25, 0.3) is 5.57 Å². The van der Waals surface area contributed by atoms with Gasteiger partial charge in [0.05, 0.1) is 12.2 Å². The maximum atomic E-state index is 11.7. The Morgan fingerprint density at radius 1 is 1.67 bits per heavy atom. The van der Waals surface area contributed by atoms with Crippen molar-refractivity contribution in [3.63, 3.8) is 0 Å². The van der Waals surface area contributed by atoms with Gasteiger partial charge in [-0.2, -0.15) is 0 Å². The van der Waals surface area contributed by atoms with Crippen LogP contribution in [0.2, 0.25) is 0 Å². The van der Waals surface area contributed by atoms with Gasteiger partial charge >= 0.3 is 5.97 Å². The predicted octanol–water partition coefficient (Wildman–Crippen LogP) is 2.68. The fourth-order valence-corrected chi connectivity index (χ4v) is 2.18. The van der Waals surface area contributed by atoms with Crippen molar-refractivity contribution >= 4 is 51.3 Å². The van der Waals surface area contributed by atoms with E-state index in [1.165, 1.54) is 11.3 Å². The summed E-state index contributed by atoms with van der Waals surface area (Å²) in [6.45, 7) is 5.46. The van der Waals surface area contributed by atoms with Gasteiger partial charge in [0.2, 0.25) is 0 Å². The van der Waals surface area contributed by atoms with E-state index in [4.69, 9.17) is 16.3 Å². The van der Waals surface area contributed by atoms with Crippen molar-refractivity contribution in [2.45, 2.75) is 6.92 Å². The monoisotopic (exact) mass is 287 g/mol. The van der Waals surface area contributed by atoms with Crippen molar-refractivity contribution in [2.75, 3.05) is 25.6 Å². The molecule has 0 saturated heterocycles. The van der Waals surface area contributed by atoms with Gasteiger partial charge in [0.15, 0.2) is 5.13 Å². The Morgan fingerprint density at radius 2 is 2.33 bits per heavy atom. The van der Waals surface area contributed by atoms with Gasteiger partial charge in [-0.3, -0.25) is 4.99 Å². The molecule has 1 heterocycles. The average Bonchev–Trinajstić information content (AvgIpc) is 2.74. The highest BCUT2D eigenvalue weighted by atomic mass is 35.5. The molecule has 0 aliphatic carbocycles. The second kappa shape index (κ2) is 6.51. The van der Waals surface area contributed by atoms with Gasteiger partial charge in [-0.05, 0) is 13.6 Å². The zero-order chi connectivity index (χ0) is 13.7. The van der Waals surface area contributed by atoms with Crippen LogP contribution in [0.3, 0.4) is 0 Å². The van der Waals surface area contributed by atoms with Crippen LogP contribution in [0.4, 0.5) is 10.1 Å². The predicted molar refractivity (Wildman–Crippen MR) is 76.1 cm³/mol. The average molecular weight is 288 g/mol. The van der Waals surface area contributed by atoms with Crippen LogP contribution in [-0.2, 0) is 9.53 Å². The Labute approximate surface area is 115 Å². The lowest BCUT2D eigenvalue weighted by atomic mass is 10.2. The van der Waals surface area contributed by atoms with Crippen LogP contribution in [0, 0.1) is 0 Å². The number of anilines is 1. The van der Waals surface area contributed by atoms with Crippen molar-refractivity contribution in [3.8, 4) is 0 Å². The molecule has 7 heteroatoms. The Hall–Kier alpha value is -1.40. The summed E-state index contributed by atoms with van der Waals surface area (Å²) >= 11 is 7.00. The van der Waals surface area contributed by atoms with E-state index in [0.717, 1.165) is 5.54 Å². The molecule has 1 aromatic rings. The molecule has 0 aromatic carbocycles. The molecule has 18 heavy (non-hydrogen) atoms. The van der Waals surface area contributed by atoms with Crippen LogP contribution in [-0.4, -0.2) is 38.4 Å². The first-order valence-electron chi connectivity index (χ1n) is 5.17. The van der Waals surface area contributed by atoms with Crippen molar-refractivity contribution in [2.24, 2.45) is 4.99 Å². The molecule has 0 radical (unpaired) electrons. The molecule has 98 valence electrons. The van der Waals surface area contributed by atoms with Crippen molar-refractivity contribution in [1.29, 1.82) is 0 Å². The number of thiazole rings is 1. The van der Waals surface area contributed by atoms with Crippen LogP contribution >= 0.6 is 22.9 Å². The summed E-state index contributed by atoms with van der Waals surface area (Å²) in [6, 6.07) is 0. The number of nitrogens with zero attached hydrogens (tertiary/aromatic N) is 3. The summed E-state index contributed by atoms with van der Waals surface area (Å²) in [7, 11) is 3.70. The number of rotatable bonds is 5. The Kier molecular flexibility index (Phi) is 5.30. The minimum Gasteiger partial charge on any atom is -0.462 e. The smallest absolute Gasteiger partial charge is 0.341 e. The SMILES string of the molecule is C=Nc1sc(N(C)C)nc1C(=CCl)C(=O)OCC. The number of aromatic nitrogens is 1. The number of carbonyl (C=O) groups is 1. The number of carbonyl (C=O) groups excluding carboxylic acids is 1. The number of esters is 1. The third kappa shape index (κ3) is 3.08. The first kappa shape index (κ1) is 14.7. The van der Waals surface area contributed by atoms with E-state index >= 15 is 0 Å². The molecule has 0 atom stereocenters. The molecule has 0 N–H and O–H groups in total. The van der Waals surface area contributed by atoms with Crippen molar-refractivity contribution in [1.82, 2.24) is 4.98 Å². The summed E-state index contributed by atoms with van der Waals surface area (Å²) in [4.78, 5) is 21.7. The molecule has 0 fully saturated rings. The zero-order valence-corrected chi connectivity index (χ0v) is 12.0. The van der Waals surface area contributed by atoms with Gasteiger partial charge < -0.3 is 9.64 Å². The second-order valence-electron chi connectivity index (χ2n) is 3.45. The largest absolute Gasteiger partial charge is 0.462 e. The number of aliphatic imine (C=N–C) groups is 1. The summed E-state index contributed by atoms with van der Waals surface area (Å²) < 4.78 is 4.92. The van der Waals surface area contributed by atoms with Crippen molar-refractivity contribution in [3.05, 3.63) is 11.2 Å². The molecule has 0 aliphatic heterocycles. The molecule has 5 nitrogen and oxygen atoms in total. The molecule has 0 spiro atoms. The molecule has 1 aromatic heterocycles. The van der Waals surface area contributed by atoms with E-state index in [9.17, 15) is 4.79 Å². The van der Waals surface area contributed by atoms with Gasteiger partial charge in [-0.25, -0.2) is 9.78 Å². The number of halogens is 1. The first-order valence-corrected chi connectivity index (χ1v) is 6.43. The minimum absolute atomic E-state index is 0.185. The van der Waals surface area contributed by atoms with E-state index in [1.54, 1.807) is 6.92 Å². The Balaban J connectivity index is 3.21. The third-order valence-corrected chi connectivity index (χ3v) is 3.36. The van der Waals surface area contributed by atoms with Gasteiger partial charge in [0.25, 0.3) is 0 Å². The fraction of sp³-hybridized carbons (Fsp3) is 0.364. The number of ether oxygens (including phenoxy) is 1. The highest BCUT2D eigenvalue weighted by Gasteiger charge is 2.21. The topological polar surface area (TPSA) is 54.8 Å². The lowest BCUT2D eigenvalue weighted by molar-refractivity contribution is -0.136. The van der Waals surface area contributed by atoms with Crippen LogP contribution in [0.1, 0.15) is 12.6 Å². The lowest BCUT2D eigenvalue weighted by Crippen LogP contribution is -2.09. The maximum Gasteiger partial charge on any atom is 0.341 e. The molecule has 0 unspecified atom stereocenters. The third-order valence-electron chi connectivity index (χ3n) is 1.98. The highest BCUT2D eigenvalue weighted by Crippen LogP contribution is 2.36. The summed E-state index contributed by atoms with van der Waals surface area (Å²) in [5.41, 5.74) is 1.73. The maximum absolute atomic E-state index is 11.7. The quantitative estimate of drug-likeness (QED) is 0.475. The van der Waals surface area contributed by atoms with Gasteiger partial charge in [0.1, 0.15) is 10.7 Å². The Morgan fingerprint density at radius 3 is 2.78 bits per heavy atom. The van der Waals surface area contributed by atoms with Gasteiger partial charge in [0, 0.05) is 19.6 Å². The molecule has 0 saturated carbocycles. The highest BCUT2D eigenvalue weighted by molar-refractivity contribution is 7.19. The van der Waals surface area contributed by atoms with E-state index < -0.39 is 5.97 Å². The number of hydrogen-bond donors (Lipinski definition) is 0. The molecular formula is C11H14ClN3O2S. The van der Waals surface area contributed by atoms with Crippen molar-refractivity contribution < 1.29 is 9.53 Å². The first-order chi connectivity index (χ1) is 8.54. The van der Waals surface area contributed by atoms with Crippen LogP contribution in [0.15, 0.2) is 10.5 Å². The lowest BCUT2D eigenvalue weighted by Gasteiger charge is -2.06. The van der Waals surface area contributed by atoms with Crippen LogP contribution in [0.5, 0.6) is 0 Å². The molecular weight excluding hydrogens is 274 g/mol. The van der Waals surface area contributed by atoms with Gasteiger partial charge in [-0.1, -0.05) is 22.9 Å². The van der Waals surface area contributed by atoms with E-state index in [0.29, 0.717) is 15.8 Å². The van der Waals surface area contributed by atoms with E-state index in [2.05, 4.69) is 16.7 Å². The summed E-state index contributed by atoms with van der Waals surface area (Å²) in [5.74, 6) is -0.520. The van der Waals surface area contributed by atoms with E-state index in [-0.39, 0.29) is 12.2 Å². The molecule has 0 amide bonds. The van der Waals surface area contributed by atoms with Crippen LogP contribution < -0.4 is 4.90 Å². The number of hydrogen-bond acceptors (Lipinski definition) is 6. The normalized spacial score (nSPS) is 11.2. The molecule has 0 bridgehead atoms. The summed E-state index contributed by atoms with van der Waals surface area (Å²) in [5, 5.41) is 1.26. The summed E-state index contributed by atoms with van der Waals surface area (Å²) in [6.07, 6.45) is 0. The zero-order valence-electron chi connectivity index (χ0n) is 10.4. The minimum atomic E-state index is -0.520. The standard InChI is InChI=1S/C11H14ClN3O2S/c1-5-17-10(16)7(6-12)8-9(13-2)18-11(14-8)15(3)4/h6H,2,5H2,1,3-4H3. The van der Waals surface area contributed by atoms with Gasteiger partial charge in [-0.15, -0.1) is 0 Å².